The molecule has 2 aromatic carbocycles. The van der Waals surface area contributed by atoms with Crippen LogP contribution in [0.4, 0.5) is 0 Å². The average Bonchev–Trinajstić information content (AvgIpc) is 2.42. The van der Waals surface area contributed by atoms with Gasteiger partial charge in [0.2, 0.25) is 0 Å². The Labute approximate surface area is 130 Å². The summed E-state index contributed by atoms with van der Waals surface area (Å²) in [5.41, 5.74) is 3.32. The first-order chi connectivity index (χ1) is 9.51. The van der Waals surface area contributed by atoms with Crippen LogP contribution in [0.25, 0.3) is 0 Å². The van der Waals surface area contributed by atoms with Crippen molar-refractivity contribution in [3.05, 3.63) is 58.1 Å². The van der Waals surface area contributed by atoms with E-state index < -0.39 is 0 Å². The first kappa shape index (κ1) is 15.2. The molecule has 0 N–H and O–H groups in total. The second kappa shape index (κ2) is 6.51. The summed E-state index contributed by atoms with van der Waals surface area (Å²) in [4.78, 5) is 0. The lowest BCUT2D eigenvalue weighted by atomic mass is 10.0. The Morgan fingerprint density at radius 2 is 1.80 bits per heavy atom. The summed E-state index contributed by atoms with van der Waals surface area (Å²) in [6, 6.07) is 11.9. The van der Waals surface area contributed by atoms with Crippen molar-refractivity contribution >= 4 is 23.2 Å². The van der Waals surface area contributed by atoms with Crippen molar-refractivity contribution in [1.82, 2.24) is 0 Å². The first-order valence-corrected chi connectivity index (χ1v) is 7.55. The second-order valence-electron chi connectivity index (χ2n) is 5.18. The van der Waals surface area contributed by atoms with E-state index in [4.69, 9.17) is 27.9 Å². The largest absolute Gasteiger partial charge is 0.456 e. The standard InChI is InChI=1S/C17H18Cl2O/c1-11(2)14-6-4-12(3)17(9-14)20-16-7-5-13(10-18)8-15(16)19/h4-9,11H,10H2,1-3H3. The molecule has 0 spiro atoms. The third-order valence-corrected chi connectivity index (χ3v) is 3.85. The molecule has 0 saturated carbocycles. The number of halogens is 2. The summed E-state index contributed by atoms with van der Waals surface area (Å²) >= 11 is 12.0. The lowest BCUT2D eigenvalue weighted by Crippen LogP contribution is -1.93. The molecule has 0 saturated heterocycles. The van der Waals surface area contributed by atoms with Crippen LogP contribution < -0.4 is 4.74 Å². The van der Waals surface area contributed by atoms with Gasteiger partial charge < -0.3 is 4.74 Å². The Bertz CT molecular complexity index is 606. The normalized spacial score (nSPS) is 10.9. The lowest BCUT2D eigenvalue weighted by molar-refractivity contribution is 0.478. The molecule has 2 rings (SSSR count). The van der Waals surface area contributed by atoms with Crippen molar-refractivity contribution in [3.8, 4) is 11.5 Å². The van der Waals surface area contributed by atoms with Gasteiger partial charge in [0.25, 0.3) is 0 Å². The van der Waals surface area contributed by atoms with Crippen molar-refractivity contribution in [3.63, 3.8) is 0 Å². The number of hydrogen-bond acceptors (Lipinski definition) is 1. The quantitative estimate of drug-likeness (QED) is 0.602. The van der Waals surface area contributed by atoms with Crippen LogP contribution >= 0.6 is 23.2 Å². The van der Waals surface area contributed by atoms with Gasteiger partial charge in [0.05, 0.1) is 5.02 Å². The van der Waals surface area contributed by atoms with E-state index in [0.29, 0.717) is 22.6 Å². The molecule has 0 aliphatic carbocycles. The Morgan fingerprint density at radius 3 is 2.40 bits per heavy atom. The van der Waals surface area contributed by atoms with Gasteiger partial charge in [0.15, 0.2) is 0 Å². The predicted octanol–water partition coefficient (Wildman–Crippen LogP) is 6.30. The van der Waals surface area contributed by atoms with E-state index in [1.165, 1.54) is 5.56 Å². The third kappa shape index (κ3) is 3.47. The molecule has 0 amide bonds. The molecule has 0 atom stereocenters. The van der Waals surface area contributed by atoms with Crippen LogP contribution in [0.5, 0.6) is 11.5 Å². The molecule has 1 nitrogen and oxygen atoms in total. The van der Waals surface area contributed by atoms with Crippen molar-refractivity contribution in [2.75, 3.05) is 0 Å². The van der Waals surface area contributed by atoms with Gasteiger partial charge in [0.1, 0.15) is 11.5 Å². The molecule has 0 radical (unpaired) electrons. The molecule has 3 heteroatoms. The van der Waals surface area contributed by atoms with E-state index in [1.54, 1.807) is 0 Å². The molecule has 0 heterocycles. The molecule has 20 heavy (non-hydrogen) atoms. The molecule has 106 valence electrons. The van der Waals surface area contributed by atoms with Gasteiger partial charge in [-0.05, 0) is 47.7 Å². The van der Waals surface area contributed by atoms with E-state index in [0.717, 1.165) is 16.9 Å². The highest BCUT2D eigenvalue weighted by atomic mass is 35.5. The maximum atomic E-state index is 6.23. The summed E-state index contributed by atoms with van der Waals surface area (Å²) in [6.45, 7) is 6.36. The fourth-order valence-electron chi connectivity index (χ4n) is 1.91. The molecule has 0 unspecified atom stereocenters. The minimum Gasteiger partial charge on any atom is -0.456 e. The predicted molar refractivity (Wildman–Crippen MR) is 86.4 cm³/mol. The van der Waals surface area contributed by atoms with E-state index >= 15 is 0 Å². The van der Waals surface area contributed by atoms with Gasteiger partial charge in [-0.3, -0.25) is 0 Å². The van der Waals surface area contributed by atoms with Gasteiger partial charge in [-0.2, -0.15) is 0 Å². The second-order valence-corrected chi connectivity index (χ2v) is 5.85. The topological polar surface area (TPSA) is 9.23 Å². The maximum absolute atomic E-state index is 6.23. The number of rotatable bonds is 4. The summed E-state index contributed by atoms with van der Waals surface area (Å²) < 4.78 is 5.96. The average molecular weight is 309 g/mol. The minimum atomic E-state index is 0.446. The fraction of sp³-hybridized carbons (Fsp3) is 0.294. The zero-order valence-electron chi connectivity index (χ0n) is 11.9. The van der Waals surface area contributed by atoms with Crippen molar-refractivity contribution in [1.29, 1.82) is 0 Å². The summed E-state index contributed by atoms with van der Waals surface area (Å²) in [5, 5.41) is 0.581. The van der Waals surface area contributed by atoms with Crippen LogP contribution in [0.2, 0.25) is 5.02 Å². The third-order valence-electron chi connectivity index (χ3n) is 3.25. The number of ether oxygens (including phenoxy) is 1. The van der Waals surface area contributed by atoms with Crippen LogP contribution in [0, 0.1) is 6.92 Å². The van der Waals surface area contributed by atoms with Crippen LogP contribution in [-0.4, -0.2) is 0 Å². The Hall–Kier alpha value is -1.18. The molecule has 2 aromatic rings. The van der Waals surface area contributed by atoms with E-state index in [-0.39, 0.29) is 0 Å². The molecular formula is C17H18Cl2O. The number of alkyl halides is 1. The zero-order valence-corrected chi connectivity index (χ0v) is 13.4. The molecule has 0 fully saturated rings. The molecule has 0 aliphatic heterocycles. The fourth-order valence-corrected chi connectivity index (χ4v) is 2.32. The van der Waals surface area contributed by atoms with Crippen molar-refractivity contribution < 1.29 is 4.74 Å². The number of aryl methyl sites for hydroxylation is 1. The highest BCUT2D eigenvalue weighted by Crippen LogP contribution is 2.33. The van der Waals surface area contributed by atoms with Crippen molar-refractivity contribution in [2.45, 2.75) is 32.6 Å². The highest BCUT2D eigenvalue weighted by Gasteiger charge is 2.09. The lowest BCUT2D eigenvalue weighted by Gasteiger charge is -2.13. The molecule has 0 bridgehead atoms. The van der Waals surface area contributed by atoms with Gasteiger partial charge in [-0.1, -0.05) is 43.6 Å². The van der Waals surface area contributed by atoms with Gasteiger partial charge >= 0.3 is 0 Å². The Balaban J connectivity index is 2.32. The Morgan fingerprint density at radius 1 is 1.05 bits per heavy atom. The maximum Gasteiger partial charge on any atom is 0.146 e. The molecular weight excluding hydrogens is 291 g/mol. The van der Waals surface area contributed by atoms with Crippen LogP contribution in [-0.2, 0) is 5.88 Å². The minimum absolute atomic E-state index is 0.446. The van der Waals surface area contributed by atoms with Crippen LogP contribution in [0.1, 0.15) is 36.5 Å². The smallest absolute Gasteiger partial charge is 0.146 e. The molecule has 0 aromatic heterocycles. The van der Waals surface area contributed by atoms with Crippen molar-refractivity contribution in [2.24, 2.45) is 0 Å². The number of benzene rings is 2. The van der Waals surface area contributed by atoms with Gasteiger partial charge in [0, 0.05) is 5.88 Å². The summed E-state index contributed by atoms with van der Waals surface area (Å²) in [6.07, 6.45) is 0. The van der Waals surface area contributed by atoms with Crippen LogP contribution in [0.15, 0.2) is 36.4 Å². The SMILES string of the molecule is Cc1ccc(C(C)C)cc1Oc1ccc(CCl)cc1Cl. The summed E-state index contributed by atoms with van der Waals surface area (Å²) in [7, 11) is 0. The molecule has 0 aliphatic rings. The first-order valence-electron chi connectivity index (χ1n) is 6.64. The Kier molecular flexibility index (Phi) is 4.95. The van der Waals surface area contributed by atoms with Gasteiger partial charge in [-0.15, -0.1) is 11.6 Å². The van der Waals surface area contributed by atoms with Crippen LogP contribution in [0.3, 0.4) is 0 Å². The van der Waals surface area contributed by atoms with E-state index in [9.17, 15) is 0 Å². The van der Waals surface area contributed by atoms with Gasteiger partial charge in [-0.25, -0.2) is 0 Å². The van der Waals surface area contributed by atoms with E-state index in [2.05, 4.69) is 32.0 Å². The monoisotopic (exact) mass is 308 g/mol. The zero-order chi connectivity index (χ0) is 14.7. The number of hydrogen-bond donors (Lipinski definition) is 0. The highest BCUT2D eigenvalue weighted by molar-refractivity contribution is 6.32. The summed E-state index contributed by atoms with van der Waals surface area (Å²) in [5.74, 6) is 2.41. The van der Waals surface area contributed by atoms with E-state index in [1.807, 2.05) is 25.1 Å².